The summed E-state index contributed by atoms with van der Waals surface area (Å²) in [6.07, 6.45) is 0.606. The molecule has 11 heteroatoms. The number of thiophene rings is 2. The van der Waals surface area contributed by atoms with Gasteiger partial charge < -0.3 is 15.0 Å². The number of hydrogen-bond donors (Lipinski definition) is 2. The number of carbonyl (C=O) groups is 2. The van der Waals surface area contributed by atoms with Crippen LogP contribution in [0, 0.1) is 0 Å². The van der Waals surface area contributed by atoms with Gasteiger partial charge in [0.05, 0.1) is 5.56 Å². The molecule has 198 valence electrons. The quantitative estimate of drug-likeness (QED) is 0.348. The van der Waals surface area contributed by atoms with E-state index in [1.165, 1.54) is 11.3 Å². The van der Waals surface area contributed by atoms with Gasteiger partial charge in [-0.05, 0) is 76.6 Å². The van der Waals surface area contributed by atoms with E-state index in [1.54, 1.807) is 20.8 Å². The van der Waals surface area contributed by atoms with Gasteiger partial charge in [0, 0.05) is 29.4 Å². The third-order valence-electron chi connectivity index (χ3n) is 6.29. The van der Waals surface area contributed by atoms with Crippen molar-refractivity contribution in [3.8, 4) is 0 Å². The fraction of sp³-hybridized carbons (Fsp3) is 0.600. The summed E-state index contributed by atoms with van der Waals surface area (Å²) in [4.78, 5) is 29.0. The van der Waals surface area contributed by atoms with Crippen molar-refractivity contribution in [2.45, 2.75) is 84.2 Å². The van der Waals surface area contributed by atoms with Crippen molar-refractivity contribution < 1.29 is 27.5 Å². The molecule has 0 saturated heterocycles. The number of aryl methyl sites for hydroxylation is 1. The summed E-state index contributed by atoms with van der Waals surface area (Å²) < 4.78 is 46.9. The van der Waals surface area contributed by atoms with E-state index in [-0.39, 0.29) is 12.1 Å². The lowest BCUT2D eigenvalue weighted by Gasteiger charge is -2.23. The maximum Gasteiger partial charge on any atom is 0.425 e. The zero-order valence-corrected chi connectivity index (χ0v) is 22.6. The third-order valence-corrected chi connectivity index (χ3v) is 8.80. The van der Waals surface area contributed by atoms with E-state index in [9.17, 15) is 22.8 Å². The van der Waals surface area contributed by atoms with Crippen LogP contribution in [-0.2, 0) is 43.3 Å². The van der Waals surface area contributed by atoms with Crippen molar-refractivity contribution >= 4 is 39.7 Å². The predicted octanol–water partition coefficient (Wildman–Crippen LogP) is 6.36. The minimum Gasteiger partial charge on any atom is -0.456 e. The van der Waals surface area contributed by atoms with Crippen LogP contribution in [0.2, 0.25) is 0 Å². The Kier molecular flexibility index (Phi) is 7.73. The SMILES string of the molecule is CN1CCc2c(sc(C(F)(F)F)c2CNC(=O)Nc2sc3c(c2C(=O)OC(C)(C)C)CCCCC3)C1. The summed E-state index contributed by atoms with van der Waals surface area (Å²) in [6, 6.07) is -0.641. The Morgan fingerprint density at radius 3 is 2.42 bits per heavy atom. The van der Waals surface area contributed by atoms with Gasteiger partial charge in [0.2, 0.25) is 0 Å². The standard InChI is InChI=1S/C25H32F3N3O3S2/c1-24(2,3)34-22(32)19-15-8-6-5-7-9-17(15)36-21(19)30-23(33)29-12-16-14-10-11-31(4)13-18(14)35-20(16)25(26,27)28/h5-13H2,1-4H3,(H2,29,30,33). The summed E-state index contributed by atoms with van der Waals surface area (Å²) in [5.41, 5.74) is 1.41. The van der Waals surface area contributed by atoms with Crippen LogP contribution in [0.5, 0.6) is 0 Å². The molecule has 0 fully saturated rings. The Hall–Kier alpha value is -2.11. The van der Waals surface area contributed by atoms with Gasteiger partial charge in [-0.15, -0.1) is 22.7 Å². The van der Waals surface area contributed by atoms with Crippen molar-refractivity contribution in [2.24, 2.45) is 0 Å². The molecule has 6 nitrogen and oxygen atoms in total. The molecule has 2 amide bonds. The number of nitrogens with zero attached hydrogens (tertiary/aromatic N) is 1. The first-order valence-electron chi connectivity index (χ1n) is 12.2. The Bertz CT molecular complexity index is 1150. The summed E-state index contributed by atoms with van der Waals surface area (Å²) in [5, 5.41) is 5.74. The number of ether oxygens (including phenoxy) is 1. The Labute approximate surface area is 217 Å². The normalized spacial score (nSPS) is 16.6. The van der Waals surface area contributed by atoms with E-state index in [4.69, 9.17) is 4.74 Å². The number of halogens is 3. The van der Waals surface area contributed by atoms with Crippen LogP contribution >= 0.6 is 22.7 Å². The molecule has 2 aliphatic rings. The van der Waals surface area contributed by atoms with E-state index in [0.717, 1.165) is 53.9 Å². The summed E-state index contributed by atoms with van der Waals surface area (Å²) in [5.74, 6) is -0.493. The fourth-order valence-electron chi connectivity index (χ4n) is 4.70. The van der Waals surface area contributed by atoms with Crippen molar-refractivity contribution in [1.82, 2.24) is 10.2 Å². The molecule has 0 unspecified atom stereocenters. The van der Waals surface area contributed by atoms with Gasteiger partial charge in [0.15, 0.2) is 0 Å². The molecule has 36 heavy (non-hydrogen) atoms. The average molecular weight is 544 g/mol. The minimum atomic E-state index is -4.48. The monoisotopic (exact) mass is 543 g/mol. The molecule has 1 aliphatic heterocycles. The molecule has 2 N–H and O–H groups in total. The highest BCUT2D eigenvalue weighted by Crippen LogP contribution is 2.43. The number of fused-ring (bicyclic) bond motifs is 2. The van der Waals surface area contributed by atoms with Gasteiger partial charge in [-0.2, -0.15) is 13.2 Å². The first-order valence-corrected chi connectivity index (χ1v) is 13.8. The zero-order valence-electron chi connectivity index (χ0n) is 21.0. The highest BCUT2D eigenvalue weighted by Gasteiger charge is 2.39. The Balaban J connectivity index is 1.55. The van der Waals surface area contributed by atoms with Crippen molar-refractivity contribution in [2.75, 3.05) is 18.9 Å². The number of anilines is 1. The number of amides is 2. The average Bonchev–Trinajstić information content (AvgIpc) is 3.19. The second kappa shape index (κ2) is 10.3. The summed E-state index contributed by atoms with van der Waals surface area (Å²) in [6.45, 7) is 6.26. The molecular weight excluding hydrogens is 511 g/mol. The second-order valence-electron chi connectivity index (χ2n) is 10.4. The molecule has 0 bridgehead atoms. The molecule has 0 aromatic carbocycles. The van der Waals surface area contributed by atoms with Crippen LogP contribution in [0.4, 0.5) is 23.0 Å². The van der Waals surface area contributed by atoms with Crippen molar-refractivity contribution in [1.29, 1.82) is 0 Å². The first-order chi connectivity index (χ1) is 16.8. The van der Waals surface area contributed by atoms with E-state index in [1.807, 2.05) is 11.9 Å². The second-order valence-corrected chi connectivity index (χ2v) is 12.6. The number of rotatable bonds is 4. The van der Waals surface area contributed by atoms with E-state index < -0.39 is 28.7 Å². The Morgan fingerprint density at radius 1 is 1.00 bits per heavy atom. The van der Waals surface area contributed by atoms with Crippen LogP contribution in [0.3, 0.4) is 0 Å². The molecule has 3 heterocycles. The highest BCUT2D eigenvalue weighted by atomic mass is 32.1. The topological polar surface area (TPSA) is 70.7 Å². The maximum atomic E-state index is 13.8. The molecule has 0 saturated carbocycles. The predicted molar refractivity (Wildman–Crippen MR) is 136 cm³/mol. The number of urea groups is 1. The summed E-state index contributed by atoms with van der Waals surface area (Å²) >= 11 is 2.12. The molecule has 0 radical (unpaired) electrons. The molecule has 2 aromatic heterocycles. The molecule has 1 aliphatic carbocycles. The van der Waals surface area contributed by atoms with Crippen LogP contribution < -0.4 is 10.6 Å². The zero-order chi connectivity index (χ0) is 26.3. The lowest BCUT2D eigenvalue weighted by molar-refractivity contribution is -0.135. The van der Waals surface area contributed by atoms with Gasteiger partial charge >= 0.3 is 18.2 Å². The highest BCUT2D eigenvalue weighted by molar-refractivity contribution is 7.17. The fourth-order valence-corrected chi connectivity index (χ4v) is 7.29. The van der Waals surface area contributed by atoms with E-state index in [0.29, 0.717) is 40.5 Å². The van der Waals surface area contributed by atoms with Crippen LogP contribution in [0.25, 0.3) is 0 Å². The first kappa shape index (κ1) is 26.9. The summed E-state index contributed by atoms with van der Waals surface area (Å²) in [7, 11) is 1.88. The minimum absolute atomic E-state index is 0.139. The van der Waals surface area contributed by atoms with Crippen LogP contribution in [0.15, 0.2) is 0 Å². The van der Waals surface area contributed by atoms with E-state index >= 15 is 0 Å². The van der Waals surface area contributed by atoms with Gasteiger partial charge in [0.25, 0.3) is 0 Å². The number of hydrogen-bond acceptors (Lipinski definition) is 6. The smallest absolute Gasteiger partial charge is 0.425 e. The van der Waals surface area contributed by atoms with Crippen LogP contribution in [0.1, 0.15) is 81.7 Å². The molecule has 0 spiro atoms. The van der Waals surface area contributed by atoms with Crippen molar-refractivity contribution in [3.63, 3.8) is 0 Å². The Morgan fingerprint density at radius 2 is 1.72 bits per heavy atom. The number of alkyl halides is 3. The largest absolute Gasteiger partial charge is 0.456 e. The van der Waals surface area contributed by atoms with Gasteiger partial charge in [0.1, 0.15) is 15.5 Å². The van der Waals surface area contributed by atoms with Gasteiger partial charge in [-0.1, -0.05) is 6.42 Å². The van der Waals surface area contributed by atoms with Crippen molar-refractivity contribution in [3.05, 3.63) is 36.9 Å². The number of carbonyl (C=O) groups excluding carboxylic acids is 2. The molecule has 0 atom stereocenters. The third kappa shape index (κ3) is 6.06. The molecule has 2 aromatic rings. The number of esters is 1. The maximum absolute atomic E-state index is 13.8. The van der Waals surface area contributed by atoms with Gasteiger partial charge in [-0.3, -0.25) is 5.32 Å². The molecular formula is C25H32F3N3O3S2. The lowest BCUT2D eigenvalue weighted by Crippen LogP contribution is -2.31. The molecule has 4 rings (SSSR count). The number of nitrogens with one attached hydrogen (secondary N) is 2. The van der Waals surface area contributed by atoms with Gasteiger partial charge in [-0.25, -0.2) is 9.59 Å². The lowest BCUT2D eigenvalue weighted by atomic mass is 10.0. The van der Waals surface area contributed by atoms with E-state index in [2.05, 4.69) is 10.6 Å². The van der Waals surface area contributed by atoms with Crippen LogP contribution in [-0.4, -0.2) is 36.1 Å². The number of likely N-dealkylation sites (N-methyl/N-ethyl adjacent to an activating group) is 1.